The second-order valence-corrected chi connectivity index (χ2v) is 1.04. The van der Waals surface area contributed by atoms with Gasteiger partial charge in [0.05, 0.1) is 0 Å². The smallest absolute Gasteiger partial charge is 0.0306 e. The lowest BCUT2D eigenvalue weighted by Gasteiger charge is -1.27. The van der Waals surface area contributed by atoms with E-state index >= 15 is 0 Å². The summed E-state index contributed by atoms with van der Waals surface area (Å²) in [5, 5.41) is 0. The second-order valence-electron chi connectivity index (χ2n) is 0.154. The Morgan fingerprint density at radius 1 is 1.75 bits per heavy atom. The molecule has 0 saturated heterocycles. The molecule has 1 nitrogen and oxygen atoms in total. The van der Waals surface area contributed by atoms with Crippen molar-refractivity contribution in [1.82, 2.24) is 6.15 Å². The third kappa shape index (κ3) is 26.9. The Morgan fingerprint density at radius 2 is 1.75 bits per heavy atom. The Bertz CT molecular complexity index is 13.5. The number of rotatable bonds is 0. The number of hydrogen-bond donors (Lipinski definition) is 1. The molecule has 4 heavy (non-hydrogen) atoms. The molecule has 0 spiro atoms. The lowest BCUT2D eigenvalue weighted by atomic mass is 11.3. The third-order valence-corrected chi connectivity index (χ3v) is 0. The summed E-state index contributed by atoms with van der Waals surface area (Å²) in [6.45, 7) is 3.35. The van der Waals surface area contributed by atoms with Gasteiger partial charge in [-0.3, -0.25) is 0 Å². The van der Waals surface area contributed by atoms with E-state index in [0.29, 0.717) is 0 Å². The molecular formula is C2H6IN. The Kier molecular flexibility index (Phi) is 21.9. The van der Waals surface area contributed by atoms with Gasteiger partial charge in [-0.15, -0.1) is 0 Å². The van der Waals surface area contributed by atoms with Crippen LogP contribution in [0.3, 0.4) is 0 Å². The van der Waals surface area contributed by atoms with Crippen molar-refractivity contribution in [3.63, 3.8) is 0 Å². The molecule has 0 radical (unpaired) electrons. The highest BCUT2D eigenvalue weighted by molar-refractivity contribution is 14.1. The molecule has 0 saturated carbocycles. The van der Waals surface area contributed by atoms with Gasteiger partial charge in [-0.05, 0) is 4.08 Å². The fraction of sp³-hybridized carbons (Fsp3) is 0. The first kappa shape index (κ1) is 8.83. The van der Waals surface area contributed by atoms with Gasteiger partial charge in [0, 0.05) is 0 Å². The lowest BCUT2D eigenvalue weighted by molar-refractivity contribution is 2.13. The van der Waals surface area contributed by atoms with E-state index in [-0.39, 0.29) is 6.15 Å². The summed E-state index contributed by atoms with van der Waals surface area (Å²) in [4.78, 5) is 0. The van der Waals surface area contributed by atoms with Gasteiger partial charge >= 0.3 is 0 Å². The summed E-state index contributed by atoms with van der Waals surface area (Å²) in [5.74, 6) is 0. The summed E-state index contributed by atoms with van der Waals surface area (Å²) < 4.78 is 1.72. The topological polar surface area (TPSA) is 35.0 Å². The van der Waals surface area contributed by atoms with Crippen LogP contribution in [0.2, 0.25) is 0 Å². The second kappa shape index (κ2) is 9.90. The van der Waals surface area contributed by atoms with Crippen LogP contribution >= 0.6 is 22.6 Å². The largest absolute Gasteiger partial charge is 0.344 e. The zero-order valence-corrected chi connectivity index (χ0v) is 4.53. The Hall–Kier alpha value is 0.430. The molecular weight excluding hydrogens is 165 g/mol. The van der Waals surface area contributed by atoms with Crippen LogP contribution in [0.25, 0.3) is 0 Å². The normalized spacial score (nSPS) is 3.25. The van der Waals surface area contributed by atoms with Crippen molar-refractivity contribution < 1.29 is 0 Å². The first-order valence-corrected chi connectivity index (χ1v) is 1.87. The quantitative estimate of drug-likeness (QED) is 0.553. The molecule has 0 aliphatic carbocycles. The van der Waals surface area contributed by atoms with Crippen LogP contribution in [-0.2, 0) is 0 Å². The molecule has 0 unspecified atom stereocenters. The molecule has 0 aromatic heterocycles. The van der Waals surface area contributed by atoms with E-state index in [1.807, 2.05) is 0 Å². The van der Waals surface area contributed by atoms with E-state index in [2.05, 4.69) is 29.2 Å². The molecule has 0 fully saturated rings. The molecule has 0 aliphatic heterocycles. The molecule has 0 amide bonds. The first-order chi connectivity index (χ1) is 1.41. The maximum Gasteiger partial charge on any atom is -0.0306 e. The van der Waals surface area contributed by atoms with E-state index in [9.17, 15) is 0 Å². The minimum atomic E-state index is 0. The van der Waals surface area contributed by atoms with Gasteiger partial charge in [0.15, 0.2) is 0 Å². The van der Waals surface area contributed by atoms with Crippen molar-refractivity contribution in [1.29, 1.82) is 0 Å². The fourth-order valence-corrected chi connectivity index (χ4v) is 0. The fourth-order valence-electron chi connectivity index (χ4n) is 0. The highest BCUT2D eigenvalue weighted by Crippen LogP contribution is 1.70. The SMILES string of the molecule is C=CI.N. The number of hydrogen-bond acceptors (Lipinski definition) is 1. The first-order valence-electron chi connectivity index (χ1n) is 0.626. The predicted molar refractivity (Wildman–Crippen MR) is 29.2 cm³/mol. The van der Waals surface area contributed by atoms with Crippen LogP contribution in [0.5, 0.6) is 0 Å². The van der Waals surface area contributed by atoms with Crippen LogP contribution in [0.4, 0.5) is 0 Å². The maximum absolute atomic E-state index is 3.35. The summed E-state index contributed by atoms with van der Waals surface area (Å²) >= 11 is 2.05. The van der Waals surface area contributed by atoms with Gasteiger partial charge in [0.1, 0.15) is 0 Å². The van der Waals surface area contributed by atoms with Gasteiger partial charge < -0.3 is 6.15 Å². The van der Waals surface area contributed by atoms with E-state index in [1.54, 1.807) is 4.08 Å². The van der Waals surface area contributed by atoms with E-state index in [1.165, 1.54) is 0 Å². The van der Waals surface area contributed by atoms with Crippen molar-refractivity contribution in [3.05, 3.63) is 10.7 Å². The molecule has 0 atom stereocenters. The molecule has 26 valence electrons. The van der Waals surface area contributed by atoms with Crippen LogP contribution in [-0.4, -0.2) is 0 Å². The van der Waals surface area contributed by atoms with E-state index in [4.69, 9.17) is 0 Å². The Labute approximate surface area is 39.8 Å². The zero-order valence-electron chi connectivity index (χ0n) is 2.37. The molecule has 0 aromatic rings. The van der Waals surface area contributed by atoms with Crippen molar-refractivity contribution in [3.8, 4) is 0 Å². The summed E-state index contributed by atoms with van der Waals surface area (Å²) in [6.07, 6.45) is 0. The van der Waals surface area contributed by atoms with Gasteiger partial charge in [-0.25, -0.2) is 0 Å². The van der Waals surface area contributed by atoms with E-state index in [0.717, 1.165) is 0 Å². The van der Waals surface area contributed by atoms with Crippen molar-refractivity contribution in [2.45, 2.75) is 0 Å². The minimum Gasteiger partial charge on any atom is -0.344 e. The predicted octanol–water partition coefficient (Wildman–Crippen LogP) is 1.73. The average molecular weight is 171 g/mol. The van der Waals surface area contributed by atoms with Crippen LogP contribution in [0, 0.1) is 0 Å². The summed E-state index contributed by atoms with van der Waals surface area (Å²) in [6, 6.07) is 0. The summed E-state index contributed by atoms with van der Waals surface area (Å²) in [7, 11) is 0. The lowest BCUT2D eigenvalue weighted by Crippen LogP contribution is -0.888. The molecule has 0 aliphatic rings. The van der Waals surface area contributed by atoms with Crippen molar-refractivity contribution in [2.24, 2.45) is 0 Å². The Morgan fingerprint density at radius 3 is 1.75 bits per heavy atom. The molecule has 0 rings (SSSR count). The minimum absolute atomic E-state index is 0. The van der Waals surface area contributed by atoms with Crippen molar-refractivity contribution in [2.75, 3.05) is 0 Å². The van der Waals surface area contributed by atoms with Crippen LogP contribution in [0.1, 0.15) is 0 Å². The molecule has 2 heteroatoms. The van der Waals surface area contributed by atoms with Crippen LogP contribution < -0.4 is 6.15 Å². The molecule has 3 N–H and O–H groups in total. The Balaban J connectivity index is 0. The standard InChI is InChI=1S/C2H3I.H3N/c1-2-3;/h2H,1H2;1H3. The maximum atomic E-state index is 3.35. The van der Waals surface area contributed by atoms with E-state index < -0.39 is 0 Å². The average Bonchev–Trinajstić information content (AvgIpc) is 0.918. The van der Waals surface area contributed by atoms with Crippen molar-refractivity contribution >= 4 is 22.6 Å². The highest BCUT2D eigenvalue weighted by Gasteiger charge is 1.18. The molecule has 0 heterocycles. The monoisotopic (exact) mass is 171 g/mol. The summed E-state index contributed by atoms with van der Waals surface area (Å²) in [5.41, 5.74) is 0. The van der Waals surface area contributed by atoms with Gasteiger partial charge in [0.2, 0.25) is 0 Å². The van der Waals surface area contributed by atoms with Gasteiger partial charge in [-0.1, -0.05) is 29.2 Å². The van der Waals surface area contributed by atoms with Gasteiger partial charge in [-0.2, -0.15) is 0 Å². The third-order valence-electron chi connectivity index (χ3n) is 0. The van der Waals surface area contributed by atoms with Crippen LogP contribution in [0.15, 0.2) is 10.7 Å². The zero-order chi connectivity index (χ0) is 2.71. The number of halogens is 1. The van der Waals surface area contributed by atoms with Gasteiger partial charge in [0.25, 0.3) is 0 Å². The molecule has 0 aromatic carbocycles. The molecule has 0 bridgehead atoms. The highest BCUT2D eigenvalue weighted by atomic mass is 127.